The Balaban J connectivity index is 1.80. The van der Waals surface area contributed by atoms with Gasteiger partial charge in [0, 0.05) is 17.5 Å². The van der Waals surface area contributed by atoms with E-state index in [1.54, 1.807) is 6.07 Å². The average Bonchev–Trinajstić information content (AvgIpc) is 2.65. The maximum Gasteiger partial charge on any atom is 0.277 e. The van der Waals surface area contributed by atoms with Crippen LogP contribution >= 0.6 is 0 Å². The van der Waals surface area contributed by atoms with Crippen LogP contribution in [0.5, 0.6) is 0 Å². The molecule has 1 aromatic heterocycles. The van der Waals surface area contributed by atoms with E-state index in [-0.39, 0.29) is 12.1 Å². The summed E-state index contributed by atoms with van der Waals surface area (Å²) < 4.78 is 0. The molecule has 0 aliphatic heterocycles. The zero-order valence-corrected chi connectivity index (χ0v) is 13.3. The summed E-state index contributed by atoms with van der Waals surface area (Å²) in [6.45, 7) is 0.0835. The maximum absolute atomic E-state index is 12.2. The summed E-state index contributed by atoms with van der Waals surface area (Å²) in [6, 6.07) is 13.9. The van der Waals surface area contributed by atoms with Crippen LogP contribution < -0.4 is 5.32 Å². The number of non-ortho nitro benzene ring substituents is 2. The number of nitrogens with one attached hydrogen (secondary N) is 1. The fourth-order valence-corrected chi connectivity index (χ4v) is 2.42. The molecule has 2 aromatic carbocycles. The topological polar surface area (TPSA) is 128 Å². The molecule has 9 heteroatoms. The number of nitro groups is 2. The smallest absolute Gasteiger partial charge is 0.277 e. The lowest BCUT2D eigenvalue weighted by molar-refractivity contribution is -0.394. The van der Waals surface area contributed by atoms with Gasteiger partial charge in [-0.3, -0.25) is 30.0 Å². The standard InChI is InChI=1S/C17H12N4O5/c22-17(12-7-14(20(23)24)9-15(8-12)21(25)26)18-10-13-6-5-11-3-1-2-4-16(11)19-13/h1-9H,10H2,(H,18,22). The highest BCUT2D eigenvalue weighted by atomic mass is 16.6. The van der Waals surface area contributed by atoms with Gasteiger partial charge in [-0.05, 0) is 12.1 Å². The van der Waals surface area contributed by atoms with E-state index in [9.17, 15) is 25.0 Å². The number of hydrogen-bond donors (Lipinski definition) is 1. The highest BCUT2D eigenvalue weighted by Gasteiger charge is 2.19. The van der Waals surface area contributed by atoms with E-state index in [0.717, 1.165) is 29.1 Å². The Labute approximate surface area is 146 Å². The minimum Gasteiger partial charge on any atom is -0.346 e. The molecule has 26 heavy (non-hydrogen) atoms. The third kappa shape index (κ3) is 3.61. The van der Waals surface area contributed by atoms with Crippen molar-refractivity contribution in [2.45, 2.75) is 6.54 Å². The third-order valence-electron chi connectivity index (χ3n) is 3.67. The number of carbonyl (C=O) groups excluding carboxylic acids is 1. The Hall–Kier alpha value is -3.88. The number of nitro benzene ring substituents is 2. The Morgan fingerprint density at radius 2 is 1.62 bits per heavy atom. The van der Waals surface area contributed by atoms with Crippen LogP contribution in [-0.4, -0.2) is 20.7 Å². The number of hydrogen-bond acceptors (Lipinski definition) is 6. The van der Waals surface area contributed by atoms with E-state index in [0.29, 0.717) is 5.69 Å². The second-order valence-electron chi connectivity index (χ2n) is 5.43. The van der Waals surface area contributed by atoms with Crippen LogP contribution in [0.15, 0.2) is 54.6 Å². The second-order valence-corrected chi connectivity index (χ2v) is 5.43. The molecule has 9 nitrogen and oxygen atoms in total. The van der Waals surface area contributed by atoms with Gasteiger partial charge in [0.2, 0.25) is 0 Å². The molecule has 1 heterocycles. The molecule has 0 fully saturated rings. The van der Waals surface area contributed by atoms with Crippen molar-refractivity contribution in [3.05, 3.63) is 86.1 Å². The van der Waals surface area contributed by atoms with Crippen molar-refractivity contribution in [2.24, 2.45) is 0 Å². The van der Waals surface area contributed by atoms with Crippen molar-refractivity contribution in [3.8, 4) is 0 Å². The lowest BCUT2D eigenvalue weighted by Gasteiger charge is -2.06. The Bertz CT molecular complexity index is 1000. The summed E-state index contributed by atoms with van der Waals surface area (Å²) in [5, 5.41) is 25.3. The van der Waals surface area contributed by atoms with Crippen LogP contribution in [0, 0.1) is 20.2 Å². The van der Waals surface area contributed by atoms with Crippen molar-refractivity contribution in [3.63, 3.8) is 0 Å². The molecule has 0 bridgehead atoms. The fourth-order valence-electron chi connectivity index (χ4n) is 2.42. The monoisotopic (exact) mass is 352 g/mol. The predicted octanol–water partition coefficient (Wildman–Crippen LogP) is 2.98. The van der Waals surface area contributed by atoms with Crippen LogP contribution in [0.25, 0.3) is 10.9 Å². The first kappa shape index (κ1) is 17.0. The molecule has 0 aliphatic carbocycles. The normalized spacial score (nSPS) is 10.5. The molecule has 0 aliphatic rings. The number of nitrogens with zero attached hydrogens (tertiary/aromatic N) is 3. The molecule has 0 radical (unpaired) electrons. The number of para-hydroxylation sites is 1. The van der Waals surface area contributed by atoms with Gasteiger partial charge in [-0.25, -0.2) is 0 Å². The van der Waals surface area contributed by atoms with Gasteiger partial charge in [-0.15, -0.1) is 0 Å². The van der Waals surface area contributed by atoms with Gasteiger partial charge in [0.1, 0.15) is 0 Å². The highest BCUT2D eigenvalue weighted by Crippen LogP contribution is 2.22. The van der Waals surface area contributed by atoms with Crippen LogP contribution in [-0.2, 0) is 6.54 Å². The predicted molar refractivity (Wildman–Crippen MR) is 92.7 cm³/mol. The molecule has 0 unspecified atom stereocenters. The van der Waals surface area contributed by atoms with Gasteiger partial charge in [0.25, 0.3) is 17.3 Å². The summed E-state index contributed by atoms with van der Waals surface area (Å²) in [5.41, 5.74) is 0.162. The molecular formula is C17H12N4O5. The highest BCUT2D eigenvalue weighted by molar-refractivity contribution is 5.95. The molecule has 3 rings (SSSR count). The van der Waals surface area contributed by atoms with Crippen molar-refractivity contribution in [1.29, 1.82) is 0 Å². The van der Waals surface area contributed by atoms with E-state index >= 15 is 0 Å². The van der Waals surface area contributed by atoms with E-state index in [1.165, 1.54) is 0 Å². The van der Waals surface area contributed by atoms with Gasteiger partial charge >= 0.3 is 0 Å². The SMILES string of the molecule is O=C(NCc1ccc2ccccc2n1)c1cc([N+](=O)[O-])cc([N+](=O)[O-])c1. The van der Waals surface area contributed by atoms with E-state index in [2.05, 4.69) is 10.3 Å². The maximum atomic E-state index is 12.2. The van der Waals surface area contributed by atoms with Gasteiger partial charge < -0.3 is 5.32 Å². The molecular weight excluding hydrogens is 340 g/mol. The third-order valence-corrected chi connectivity index (χ3v) is 3.67. The largest absolute Gasteiger partial charge is 0.346 e. The van der Waals surface area contributed by atoms with E-state index in [1.807, 2.05) is 30.3 Å². The van der Waals surface area contributed by atoms with E-state index < -0.39 is 27.1 Å². The summed E-state index contributed by atoms with van der Waals surface area (Å²) in [4.78, 5) is 36.9. The number of benzene rings is 2. The van der Waals surface area contributed by atoms with Crippen LogP contribution in [0.1, 0.15) is 16.1 Å². The fraction of sp³-hybridized carbons (Fsp3) is 0.0588. The average molecular weight is 352 g/mol. The van der Waals surface area contributed by atoms with Crippen LogP contribution in [0.2, 0.25) is 0 Å². The minimum absolute atomic E-state index is 0.0835. The molecule has 0 saturated carbocycles. The lowest BCUT2D eigenvalue weighted by Crippen LogP contribution is -2.23. The van der Waals surface area contributed by atoms with Crippen molar-refractivity contribution in [1.82, 2.24) is 10.3 Å². The molecule has 130 valence electrons. The number of amides is 1. The number of aromatic nitrogens is 1. The molecule has 0 atom stereocenters. The zero-order chi connectivity index (χ0) is 18.7. The van der Waals surface area contributed by atoms with Gasteiger partial charge in [0.15, 0.2) is 0 Å². The van der Waals surface area contributed by atoms with Gasteiger partial charge in [-0.1, -0.05) is 24.3 Å². The Morgan fingerprint density at radius 3 is 2.27 bits per heavy atom. The van der Waals surface area contributed by atoms with E-state index in [4.69, 9.17) is 0 Å². The molecule has 1 N–H and O–H groups in total. The van der Waals surface area contributed by atoms with Crippen LogP contribution in [0.4, 0.5) is 11.4 Å². The summed E-state index contributed by atoms with van der Waals surface area (Å²) >= 11 is 0. The first-order valence-corrected chi connectivity index (χ1v) is 7.51. The van der Waals surface area contributed by atoms with Gasteiger partial charge in [0.05, 0.1) is 39.2 Å². The lowest BCUT2D eigenvalue weighted by atomic mass is 10.1. The second kappa shape index (κ2) is 6.93. The summed E-state index contributed by atoms with van der Waals surface area (Å²) in [7, 11) is 0. The summed E-state index contributed by atoms with van der Waals surface area (Å²) in [5.74, 6) is -0.660. The zero-order valence-electron chi connectivity index (χ0n) is 13.3. The van der Waals surface area contributed by atoms with Crippen molar-refractivity contribution in [2.75, 3.05) is 0 Å². The quantitative estimate of drug-likeness (QED) is 0.555. The number of carbonyl (C=O) groups is 1. The van der Waals surface area contributed by atoms with Crippen LogP contribution in [0.3, 0.4) is 0 Å². The first-order chi connectivity index (χ1) is 12.4. The van der Waals surface area contributed by atoms with Crippen molar-refractivity contribution >= 4 is 28.2 Å². The molecule has 3 aromatic rings. The van der Waals surface area contributed by atoms with Crippen molar-refractivity contribution < 1.29 is 14.6 Å². The summed E-state index contributed by atoms with van der Waals surface area (Å²) in [6.07, 6.45) is 0. The number of fused-ring (bicyclic) bond motifs is 1. The van der Waals surface area contributed by atoms with Gasteiger partial charge in [-0.2, -0.15) is 0 Å². The molecule has 1 amide bonds. The number of pyridine rings is 1. The first-order valence-electron chi connectivity index (χ1n) is 7.51. The Kier molecular flexibility index (Phi) is 4.52. The molecule has 0 saturated heterocycles. The number of rotatable bonds is 5. The minimum atomic E-state index is -0.783. The molecule has 0 spiro atoms. The Morgan fingerprint density at radius 1 is 0.962 bits per heavy atom.